The Morgan fingerprint density at radius 1 is 1.20 bits per heavy atom. The van der Waals surface area contributed by atoms with Crippen LogP contribution in [-0.4, -0.2) is 42.4 Å². The van der Waals surface area contributed by atoms with Crippen LogP contribution in [0.3, 0.4) is 0 Å². The molecule has 1 aromatic carbocycles. The van der Waals surface area contributed by atoms with Gasteiger partial charge in [0, 0.05) is 13.1 Å². The summed E-state index contributed by atoms with van der Waals surface area (Å²) in [6.45, 7) is 5.10. The van der Waals surface area contributed by atoms with Crippen LogP contribution in [0.15, 0.2) is 30.3 Å². The first kappa shape index (κ1) is 16.2. The second-order valence-electron chi connectivity index (χ2n) is 4.58. The number of carbonyl (C=O) groups is 2. The summed E-state index contributed by atoms with van der Waals surface area (Å²) in [6, 6.07) is 8.94. The first-order valence-electron chi connectivity index (χ1n) is 6.93. The minimum Gasteiger partial charge on any atom is -0.346 e. The molecule has 3 N–H and O–H groups in total. The molecule has 0 saturated heterocycles. The maximum Gasteiger partial charge on any atom is 0.241 e. The molecule has 0 heterocycles. The first-order chi connectivity index (χ1) is 9.58. The first-order valence-corrected chi connectivity index (χ1v) is 6.93. The summed E-state index contributed by atoms with van der Waals surface area (Å²) in [5.74, 6) is -0.385. The summed E-state index contributed by atoms with van der Waals surface area (Å²) in [7, 11) is 0. The average molecular weight is 277 g/mol. The highest BCUT2D eigenvalue weighted by Gasteiger charge is 2.16. The minimum absolute atomic E-state index is 0.00298. The SMILES string of the molecule is CCN(CC)C(=O)CNC(=O)[C@H](N)Cc1ccccc1. The number of benzene rings is 1. The smallest absolute Gasteiger partial charge is 0.241 e. The van der Waals surface area contributed by atoms with Gasteiger partial charge in [0.2, 0.25) is 11.8 Å². The predicted octanol–water partition coefficient (Wildman–Crippen LogP) is 0.541. The van der Waals surface area contributed by atoms with Crippen LogP contribution in [0.1, 0.15) is 19.4 Å². The van der Waals surface area contributed by atoms with Gasteiger partial charge in [-0.25, -0.2) is 0 Å². The highest BCUT2D eigenvalue weighted by Crippen LogP contribution is 2.01. The molecule has 0 bridgehead atoms. The summed E-state index contributed by atoms with van der Waals surface area (Å²) < 4.78 is 0. The molecule has 0 aromatic heterocycles. The van der Waals surface area contributed by atoms with Gasteiger partial charge in [-0.15, -0.1) is 0 Å². The van der Waals surface area contributed by atoms with Gasteiger partial charge in [0.05, 0.1) is 12.6 Å². The molecule has 110 valence electrons. The molecule has 0 unspecified atom stereocenters. The van der Waals surface area contributed by atoms with E-state index in [0.717, 1.165) is 5.56 Å². The van der Waals surface area contributed by atoms with Crippen molar-refractivity contribution in [3.05, 3.63) is 35.9 Å². The third-order valence-corrected chi connectivity index (χ3v) is 3.17. The van der Waals surface area contributed by atoms with Crippen LogP contribution < -0.4 is 11.1 Å². The lowest BCUT2D eigenvalue weighted by molar-refractivity contribution is -0.132. The van der Waals surface area contributed by atoms with E-state index in [1.807, 2.05) is 44.2 Å². The zero-order valence-corrected chi connectivity index (χ0v) is 12.1. The summed E-state index contributed by atoms with van der Waals surface area (Å²) in [4.78, 5) is 25.3. The number of likely N-dealkylation sites (N-methyl/N-ethyl adjacent to an activating group) is 1. The van der Waals surface area contributed by atoms with Crippen molar-refractivity contribution >= 4 is 11.8 Å². The number of amides is 2. The van der Waals surface area contributed by atoms with Crippen LogP contribution >= 0.6 is 0 Å². The van der Waals surface area contributed by atoms with Crippen molar-refractivity contribution in [3.63, 3.8) is 0 Å². The standard InChI is InChI=1S/C15H23N3O2/c1-3-18(4-2)14(19)11-17-15(20)13(16)10-12-8-6-5-7-9-12/h5-9,13H,3-4,10-11,16H2,1-2H3,(H,17,20)/t13-/m1/s1. The zero-order chi connectivity index (χ0) is 15.0. The van der Waals surface area contributed by atoms with E-state index in [0.29, 0.717) is 19.5 Å². The van der Waals surface area contributed by atoms with Gasteiger partial charge >= 0.3 is 0 Å². The molecule has 0 aliphatic rings. The molecule has 0 aliphatic carbocycles. The van der Waals surface area contributed by atoms with Crippen molar-refractivity contribution in [3.8, 4) is 0 Å². The quantitative estimate of drug-likeness (QED) is 0.764. The monoisotopic (exact) mass is 277 g/mol. The Morgan fingerprint density at radius 3 is 2.35 bits per heavy atom. The Morgan fingerprint density at radius 2 is 1.80 bits per heavy atom. The van der Waals surface area contributed by atoms with Crippen molar-refractivity contribution in [1.29, 1.82) is 0 Å². The number of hydrogen-bond acceptors (Lipinski definition) is 3. The fourth-order valence-corrected chi connectivity index (χ4v) is 1.94. The Balaban J connectivity index is 2.41. The third-order valence-electron chi connectivity index (χ3n) is 3.17. The van der Waals surface area contributed by atoms with Crippen molar-refractivity contribution in [2.24, 2.45) is 5.73 Å². The molecule has 20 heavy (non-hydrogen) atoms. The third kappa shape index (κ3) is 5.01. The maximum absolute atomic E-state index is 11.8. The van der Waals surface area contributed by atoms with Crippen LogP contribution in [0.4, 0.5) is 0 Å². The molecule has 5 heteroatoms. The lowest BCUT2D eigenvalue weighted by Crippen LogP contribution is -2.46. The van der Waals surface area contributed by atoms with Gasteiger partial charge in [-0.1, -0.05) is 30.3 Å². The van der Waals surface area contributed by atoms with Gasteiger partial charge in [-0.2, -0.15) is 0 Å². The Labute approximate surface area is 120 Å². The average Bonchev–Trinajstić information content (AvgIpc) is 2.47. The van der Waals surface area contributed by atoms with E-state index in [4.69, 9.17) is 5.73 Å². The van der Waals surface area contributed by atoms with Gasteiger partial charge in [0.15, 0.2) is 0 Å². The minimum atomic E-state index is -0.637. The Bertz CT molecular complexity index is 430. The number of nitrogens with one attached hydrogen (secondary N) is 1. The molecule has 5 nitrogen and oxygen atoms in total. The van der Waals surface area contributed by atoms with Crippen LogP contribution in [0.5, 0.6) is 0 Å². The molecule has 0 saturated carbocycles. The van der Waals surface area contributed by atoms with Gasteiger partial charge in [0.1, 0.15) is 0 Å². The summed E-state index contributed by atoms with van der Waals surface area (Å²) in [5.41, 5.74) is 6.84. The van der Waals surface area contributed by atoms with Gasteiger partial charge in [0.25, 0.3) is 0 Å². The van der Waals surface area contributed by atoms with Crippen LogP contribution in [-0.2, 0) is 16.0 Å². The van der Waals surface area contributed by atoms with E-state index in [2.05, 4.69) is 5.32 Å². The molecule has 0 fully saturated rings. The van der Waals surface area contributed by atoms with Crippen molar-refractivity contribution in [2.75, 3.05) is 19.6 Å². The number of carbonyl (C=O) groups excluding carboxylic acids is 2. The number of nitrogens with zero attached hydrogens (tertiary/aromatic N) is 1. The van der Waals surface area contributed by atoms with Crippen molar-refractivity contribution in [1.82, 2.24) is 10.2 Å². The van der Waals surface area contributed by atoms with E-state index in [1.54, 1.807) is 4.90 Å². The summed E-state index contributed by atoms with van der Waals surface area (Å²) in [6.07, 6.45) is 0.464. The second-order valence-corrected chi connectivity index (χ2v) is 4.58. The summed E-state index contributed by atoms with van der Waals surface area (Å²) in [5, 5.41) is 2.60. The lowest BCUT2D eigenvalue weighted by Gasteiger charge is -2.19. The van der Waals surface area contributed by atoms with Crippen LogP contribution in [0, 0.1) is 0 Å². The second kappa shape index (κ2) is 8.32. The van der Waals surface area contributed by atoms with Crippen LogP contribution in [0.2, 0.25) is 0 Å². The van der Waals surface area contributed by atoms with Gasteiger partial charge < -0.3 is 16.0 Å². The molecule has 0 spiro atoms. The van der Waals surface area contributed by atoms with E-state index < -0.39 is 6.04 Å². The highest BCUT2D eigenvalue weighted by molar-refractivity contribution is 5.87. The topological polar surface area (TPSA) is 75.4 Å². The number of hydrogen-bond donors (Lipinski definition) is 2. The molecule has 1 aromatic rings. The van der Waals surface area contributed by atoms with Crippen LogP contribution in [0.25, 0.3) is 0 Å². The lowest BCUT2D eigenvalue weighted by atomic mass is 10.1. The molecule has 1 atom stereocenters. The largest absolute Gasteiger partial charge is 0.346 e. The highest BCUT2D eigenvalue weighted by atomic mass is 16.2. The zero-order valence-electron chi connectivity index (χ0n) is 12.1. The molecule has 1 rings (SSSR count). The maximum atomic E-state index is 11.8. The fourth-order valence-electron chi connectivity index (χ4n) is 1.94. The summed E-state index contributed by atoms with van der Waals surface area (Å²) >= 11 is 0. The molecule has 0 radical (unpaired) electrons. The number of nitrogens with two attached hydrogens (primary N) is 1. The molecular formula is C15H23N3O2. The Kier molecular flexibility index (Phi) is 6.73. The molecule has 0 aliphatic heterocycles. The molecule has 2 amide bonds. The van der Waals surface area contributed by atoms with E-state index in [1.165, 1.54) is 0 Å². The predicted molar refractivity (Wildman–Crippen MR) is 79.1 cm³/mol. The fraction of sp³-hybridized carbons (Fsp3) is 0.467. The van der Waals surface area contributed by atoms with Crippen molar-refractivity contribution < 1.29 is 9.59 Å². The number of rotatable bonds is 7. The van der Waals surface area contributed by atoms with E-state index in [9.17, 15) is 9.59 Å². The normalized spacial score (nSPS) is 11.8. The van der Waals surface area contributed by atoms with Gasteiger partial charge in [-0.3, -0.25) is 9.59 Å². The molecular weight excluding hydrogens is 254 g/mol. The van der Waals surface area contributed by atoms with E-state index in [-0.39, 0.29) is 18.4 Å². The van der Waals surface area contributed by atoms with Crippen molar-refractivity contribution in [2.45, 2.75) is 26.3 Å². The van der Waals surface area contributed by atoms with E-state index >= 15 is 0 Å². The Hall–Kier alpha value is -1.88. The van der Waals surface area contributed by atoms with Gasteiger partial charge in [-0.05, 0) is 25.8 Å².